The molecule has 0 N–H and O–H groups in total. The molecule has 0 fully saturated rings. The molecule has 54 valence electrons. The Morgan fingerprint density at radius 3 is 1.89 bits per heavy atom. The second kappa shape index (κ2) is 10.3. The summed E-state index contributed by atoms with van der Waals surface area (Å²) in [5.41, 5.74) is 1.14. The van der Waals surface area contributed by atoms with Gasteiger partial charge in [0.2, 0.25) is 0 Å². The molecular weight excluding hydrogens is 112 g/mol. The summed E-state index contributed by atoms with van der Waals surface area (Å²) in [6.07, 6.45) is 3.04. The normalized spacial score (nSPS) is 6.22. The van der Waals surface area contributed by atoms with Gasteiger partial charge in [-0.3, -0.25) is 0 Å². The molecule has 0 aliphatic carbocycles. The van der Waals surface area contributed by atoms with Gasteiger partial charge in [-0.05, 0) is 19.4 Å². The van der Waals surface area contributed by atoms with E-state index in [4.69, 9.17) is 4.74 Å². The summed E-state index contributed by atoms with van der Waals surface area (Å²) in [6.45, 7) is 11.3. The highest BCUT2D eigenvalue weighted by atomic mass is 16.5. The molecule has 0 atom stereocenters. The van der Waals surface area contributed by atoms with Crippen LogP contribution < -0.4 is 0 Å². The molecule has 0 saturated carbocycles. The Bertz CT molecular complexity index is 78.6. The highest BCUT2D eigenvalue weighted by molar-refractivity contribution is 4.87. The maximum atomic E-state index is 4.70. The fourth-order valence-electron chi connectivity index (χ4n) is 0.184. The van der Waals surface area contributed by atoms with Crippen LogP contribution in [0.2, 0.25) is 0 Å². The zero-order valence-corrected chi connectivity index (χ0v) is 6.77. The van der Waals surface area contributed by atoms with Crippen LogP contribution >= 0.6 is 0 Å². The van der Waals surface area contributed by atoms with Crippen LogP contribution in [-0.2, 0) is 4.74 Å². The van der Waals surface area contributed by atoms with Gasteiger partial charge in [0.1, 0.15) is 0 Å². The minimum absolute atomic E-state index is 1.14. The van der Waals surface area contributed by atoms with Gasteiger partial charge >= 0.3 is 0 Å². The van der Waals surface area contributed by atoms with Crippen LogP contribution in [0.1, 0.15) is 27.7 Å². The van der Waals surface area contributed by atoms with E-state index >= 15 is 0 Å². The van der Waals surface area contributed by atoms with E-state index in [9.17, 15) is 0 Å². The van der Waals surface area contributed by atoms with Crippen molar-refractivity contribution in [2.45, 2.75) is 27.7 Å². The topological polar surface area (TPSA) is 9.23 Å². The third-order valence-corrected chi connectivity index (χ3v) is 0.400. The first kappa shape index (κ1) is 11.1. The summed E-state index contributed by atoms with van der Waals surface area (Å²) in [6, 6.07) is 0. The molecule has 0 aromatic carbocycles. The van der Waals surface area contributed by atoms with Gasteiger partial charge in [-0.1, -0.05) is 20.4 Å². The van der Waals surface area contributed by atoms with Gasteiger partial charge < -0.3 is 4.74 Å². The highest BCUT2D eigenvalue weighted by Gasteiger charge is 1.69. The van der Waals surface area contributed by atoms with Crippen LogP contribution in [0.3, 0.4) is 0 Å². The van der Waals surface area contributed by atoms with Crippen molar-refractivity contribution >= 4 is 0 Å². The third-order valence-electron chi connectivity index (χ3n) is 0.400. The molecule has 0 aliphatic heterocycles. The van der Waals surface area contributed by atoms with E-state index in [2.05, 4.69) is 6.58 Å². The van der Waals surface area contributed by atoms with Crippen molar-refractivity contribution in [3.63, 3.8) is 0 Å². The van der Waals surface area contributed by atoms with Gasteiger partial charge in [-0.15, -0.1) is 0 Å². The van der Waals surface area contributed by atoms with E-state index in [0.29, 0.717) is 0 Å². The fraction of sp³-hybridized carbons (Fsp3) is 0.500. The largest absolute Gasteiger partial charge is 0.473 e. The number of ether oxygens (including phenoxy) is 1. The van der Waals surface area contributed by atoms with Crippen LogP contribution in [0.15, 0.2) is 24.7 Å². The average Bonchev–Trinajstić information content (AvgIpc) is 1.88. The molecule has 9 heavy (non-hydrogen) atoms. The predicted molar refractivity (Wildman–Crippen MR) is 42.1 cm³/mol. The Morgan fingerprint density at radius 1 is 1.33 bits per heavy atom. The number of hydrogen-bond donors (Lipinski definition) is 0. The lowest BCUT2D eigenvalue weighted by molar-refractivity contribution is 0.400. The SMILES string of the molecule is C=COC=C(C)C.CC. The summed E-state index contributed by atoms with van der Waals surface area (Å²) in [4.78, 5) is 0. The standard InChI is InChI=1S/C6H10O.C2H6/c1-4-7-5-6(2)3;1-2/h4-5H,1H2,2-3H3;1-2H3. The van der Waals surface area contributed by atoms with Crippen molar-refractivity contribution in [3.8, 4) is 0 Å². The summed E-state index contributed by atoms with van der Waals surface area (Å²) >= 11 is 0. The molecule has 0 rings (SSSR count). The summed E-state index contributed by atoms with van der Waals surface area (Å²) in [5, 5.41) is 0. The minimum Gasteiger partial charge on any atom is -0.473 e. The summed E-state index contributed by atoms with van der Waals surface area (Å²) < 4.78 is 4.70. The zero-order chi connectivity index (χ0) is 7.70. The number of hydrogen-bond acceptors (Lipinski definition) is 1. The van der Waals surface area contributed by atoms with Crippen molar-refractivity contribution in [3.05, 3.63) is 24.7 Å². The Morgan fingerprint density at radius 2 is 1.78 bits per heavy atom. The van der Waals surface area contributed by atoms with Gasteiger partial charge in [0.15, 0.2) is 0 Å². The lowest BCUT2D eigenvalue weighted by atomic mass is 10.4. The predicted octanol–water partition coefficient (Wildman–Crippen LogP) is 3.10. The molecule has 1 heteroatoms. The van der Waals surface area contributed by atoms with E-state index in [0.717, 1.165) is 5.57 Å². The molecule has 0 amide bonds. The first-order valence-corrected chi connectivity index (χ1v) is 3.17. The van der Waals surface area contributed by atoms with Gasteiger partial charge in [0.25, 0.3) is 0 Å². The smallest absolute Gasteiger partial charge is 0.0887 e. The lowest BCUT2D eigenvalue weighted by Crippen LogP contribution is -1.65. The number of allylic oxidation sites excluding steroid dienone is 1. The van der Waals surface area contributed by atoms with Crippen molar-refractivity contribution in [1.29, 1.82) is 0 Å². The Hall–Kier alpha value is -0.720. The Kier molecular flexibility index (Phi) is 12.7. The molecule has 1 nitrogen and oxygen atoms in total. The van der Waals surface area contributed by atoms with Crippen LogP contribution in [0, 0.1) is 0 Å². The molecule has 0 saturated heterocycles. The van der Waals surface area contributed by atoms with E-state index in [1.54, 1.807) is 6.26 Å². The zero-order valence-electron chi connectivity index (χ0n) is 6.77. The van der Waals surface area contributed by atoms with Crippen molar-refractivity contribution in [1.82, 2.24) is 0 Å². The van der Waals surface area contributed by atoms with E-state index in [1.807, 2.05) is 27.7 Å². The molecule has 0 aromatic heterocycles. The monoisotopic (exact) mass is 128 g/mol. The number of rotatable bonds is 2. The van der Waals surface area contributed by atoms with E-state index < -0.39 is 0 Å². The van der Waals surface area contributed by atoms with Gasteiger partial charge in [-0.2, -0.15) is 0 Å². The quantitative estimate of drug-likeness (QED) is 0.519. The molecule has 0 heterocycles. The third kappa shape index (κ3) is 18.9. The maximum Gasteiger partial charge on any atom is 0.0887 e. The first-order valence-electron chi connectivity index (χ1n) is 3.17. The second-order valence-electron chi connectivity index (χ2n) is 1.50. The molecule has 0 spiro atoms. The van der Waals surface area contributed by atoms with Gasteiger partial charge in [0.05, 0.1) is 12.5 Å². The molecule has 0 aliphatic rings. The fourth-order valence-corrected chi connectivity index (χ4v) is 0.184. The molecule has 0 radical (unpaired) electrons. The van der Waals surface area contributed by atoms with Crippen LogP contribution in [0.4, 0.5) is 0 Å². The highest BCUT2D eigenvalue weighted by Crippen LogP contribution is 1.87. The maximum absolute atomic E-state index is 4.70. The Labute approximate surface area is 58.0 Å². The van der Waals surface area contributed by atoms with E-state index in [1.165, 1.54) is 6.26 Å². The molecular formula is C8H16O. The van der Waals surface area contributed by atoms with Crippen LogP contribution in [-0.4, -0.2) is 0 Å². The Balaban J connectivity index is 0. The van der Waals surface area contributed by atoms with E-state index in [-0.39, 0.29) is 0 Å². The average molecular weight is 128 g/mol. The van der Waals surface area contributed by atoms with Crippen molar-refractivity contribution in [2.75, 3.05) is 0 Å². The first-order chi connectivity index (χ1) is 4.27. The summed E-state index contributed by atoms with van der Waals surface area (Å²) in [5.74, 6) is 0. The van der Waals surface area contributed by atoms with Crippen molar-refractivity contribution < 1.29 is 4.74 Å². The molecule has 0 bridgehead atoms. The molecule has 0 aromatic rings. The van der Waals surface area contributed by atoms with Gasteiger partial charge in [-0.25, -0.2) is 0 Å². The van der Waals surface area contributed by atoms with Crippen LogP contribution in [0.5, 0.6) is 0 Å². The van der Waals surface area contributed by atoms with Gasteiger partial charge in [0, 0.05) is 0 Å². The van der Waals surface area contributed by atoms with Crippen molar-refractivity contribution in [2.24, 2.45) is 0 Å². The van der Waals surface area contributed by atoms with Crippen LogP contribution in [0.25, 0.3) is 0 Å². The lowest BCUT2D eigenvalue weighted by Gasteiger charge is -1.86. The summed E-state index contributed by atoms with van der Waals surface area (Å²) in [7, 11) is 0. The molecule has 0 unspecified atom stereocenters. The second-order valence-corrected chi connectivity index (χ2v) is 1.50. The minimum atomic E-state index is 1.14.